The Labute approximate surface area is 152 Å². The van der Waals surface area contributed by atoms with E-state index in [9.17, 15) is 9.18 Å². The number of halogens is 1. The van der Waals surface area contributed by atoms with E-state index in [1.54, 1.807) is 17.8 Å². The van der Waals surface area contributed by atoms with Crippen molar-refractivity contribution in [2.75, 3.05) is 0 Å². The second kappa shape index (κ2) is 6.90. The van der Waals surface area contributed by atoms with Crippen LogP contribution in [0, 0.1) is 5.82 Å². The summed E-state index contributed by atoms with van der Waals surface area (Å²) in [4.78, 5) is 12.4. The number of fused-ring (bicyclic) bond motifs is 1. The van der Waals surface area contributed by atoms with Crippen LogP contribution in [0.2, 0.25) is 0 Å². The standard InChI is InChI=1S/C21H22FN3O/c1-25-19-13-16(22)11-12-18(19)20(24-25)14-7-9-15(10-8-14)21(26)23-17-5-3-2-4-6-17/h7-13,17H,2-6H2,1H3,(H,23,26). The van der Waals surface area contributed by atoms with Crippen molar-refractivity contribution in [3.8, 4) is 11.3 Å². The lowest BCUT2D eigenvalue weighted by molar-refractivity contribution is 0.0927. The van der Waals surface area contributed by atoms with Gasteiger partial charge in [0.05, 0.1) is 5.52 Å². The molecule has 1 heterocycles. The highest BCUT2D eigenvalue weighted by atomic mass is 19.1. The molecule has 1 aliphatic carbocycles. The molecule has 0 radical (unpaired) electrons. The first-order chi connectivity index (χ1) is 12.6. The topological polar surface area (TPSA) is 46.9 Å². The minimum absolute atomic E-state index is 0.0172. The van der Waals surface area contributed by atoms with Gasteiger partial charge in [0.25, 0.3) is 5.91 Å². The van der Waals surface area contributed by atoms with Crippen molar-refractivity contribution in [2.45, 2.75) is 38.1 Å². The van der Waals surface area contributed by atoms with Gasteiger partial charge in [-0.1, -0.05) is 31.4 Å². The molecule has 4 rings (SSSR count). The van der Waals surface area contributed by atoms with E-state index >= 15 is 0 Å². The van der Waals surface area contributed by atoms with Gasteiger partial charge in [0, 0.05) is 29.6 Å². The van der Waals surface area contributed by atoms with Gasteiger partial charge in [0.2, 0.25) is 0 Å². The molecule has 1 aliphatic rings. The summed E-state index contributed by atoms with van der Waals surface area (Å²) >= 11 is 0. The second-order valence-electron chi connectivity index (χ2n) is 7.02. The highest BCUT2D eigenvalue weighted by Crippen LogP contribution is 2.28. The quantitative estimate of drug-likeness (QED) is 0.758. The molecule has 1 saturated carbocycles. The van der Waals surface area contributed by atoms with Gasteiger partial charge in [-0.05, 0) is 43.2 Å². The summed E-state index contributed by atoms with van der Waals surface area (Å²) in [6, 6.07) is 12.4. The summed E-state index contributed by atoms with van der Waals surface area (Å²) in [6.07, 6.45) is 5.79. The van der Waals surface area contributed by atoms with Crippen molar-refractivity contribution in [3.05, 3.63) is 53.8 Å². The number of carbonyl (C=O) groups is 1. The van der Waals surface area contributed by atoms with Crippen molar-refractivity contribution < 1.29 is 9.18 Å². The van der Waals surface area contributed by atoms with E-state index in [1.807, 2.05) is 24.3 Å². The van der Waals surface area contributed by atoms with Crippen molar-refractivity contribution in [2.24, 2.45) is 7.05 Å². The van der Waals surface area contributed by atoms with Gasteiger partial charge in [-0.3, -0.25) is 9.48 Å². The monoisotopic (exact) mass is 351 g/mol. The van der Waals surface area contributed by atoms with Gasteiger partial charge in [-0.2, -0.15) is 5.10 Å². The third-order valence-electron chi connectivity index (χ3n) is 5.17. The Balaban J connectivity index is 1.57. The van der Waals surface area contributed by atoms with E-state index in [2.05, 4.69) is 10.4 Å². The fourth-order valence-electron chi connectivity index (χ4n) is 3.74. The lowest BCUT2D eigenvalue weighted by Gasteiger charge is -2.22. The molecule has 0 bridgehead atoms. The third kappa shape index (κ3) is 3.21. The smallest absolute Gasteiger partial charge is 0.251 e. The van der Waals surface area contributed by atoms with Gasteiger partial charge in [0.15, 0.2) is 0 Å². The number of hydrogen-bond acceptors (Lipinski definition) is 2. The Kier molecular flexibility index (Phi) is 4.45. The number of amides is 1. The SMILES string of the molecule is Cn1nc(-c2ccc(C(=O)NC3CCCCC3)cc2)c2ccc(F)cc21. The van der Waals surface area contributed by atoms with Crippen LogP contribution < -0.4 is 5.32 Å². The minimum Gasteiger partial charge on any atom is -0.349 e. The average Bonchev–Trinajstić information content (AvgIpc) is 2.99. The summed E-state index contributed by atoms with van der Waals surface area (Å²) in [5, 5.41) is 8.55. The zero-order chi connectivity index (χ0) is 18.1. The normalized spacial score (nSPS) is 15.3. The molecule has 1 amide bonds. The van der Waals surface area contributed by atoms with Crippen LogP contribution in [0.5, 0.6) is 0 Å². The van der Waals surface area contributed by atoms with Crippen LogP contribution in [0.4, 0.5) is 4.39 Å². The molecule has 5 heteroatoms. The first kappa shape index (κ1) is 16.8. The third-order valence-corrected chi connectivity index (χ3v) is 5.17. The molecule has 0 spiro atoms. The van der Waals surface area contributed by atoms with E-state index in [4.69, 9.17) is 0 Å². The van der Waals surface area contributed by atoms with E-state index < -0.39 is 0 Å². The van der Waals surface area contributed by atoms with Crippen molar-refractivity contribution >= 4 is 16.8 Å². The van der Waals surface area contributed by atoms with Crippen LogP contribution in [0.25, 0.3) is 22.2 Å². The number of nitrogens with one attached hydrogen (secondary N) is 1. The highest BCUT2D eigenvalue weighted by molar-refractivity contribution is 5.96. The number of carbonyl (C=O) groups excluding carboxylic acids is 1. The summed E-state index contributed by atoms with van der Waals surface area (Å²) in [7, 11) is 1.80. The Bertz CT molecular complexity index is 940. The van der Waals surface area contributed by atoms with Gasteiger partial charge < -0.3 is 5.32 Å². The molecule has 0 atom stereocenters. The Hall–Kier alpha value is -2.69. The molecule has 1 fully saturated rings. The van der Waals surface area contributed by atoms with Crippen molar-refractivity contribution in [1.29, 1.82) is 0 Å². The van der Waals surface area contributed by atoms with Crippen LogP contribution in [0.15, 0.2) is 42.5 Å². The fourth-order valence-corrected chi connectivity index (χ4v) is 3.74. The number of hydrogen-bond donors (Lipinski definition) is 1. The average molecular weight is 351 g/mol. The predicted octanol–water partition coefficient (Wildman–Crippen LogP) is 4.44. The largest absolute Gasteiger partial charge is 0.349 e. The van der Waals surface area contributed by atoms with E-state index in [0.29, 0.717) is 11.6 Å². The molecule has 4 nitrogen and oxygen atoms in total. The molecular formula is C21H22FN3O. The zero-order valence-corrected chi connectivity index (χ0v) is 14.8. The van der Waals surface area contributed by atoms with E-state index in [1.165, 1.54) is 31.4 Å². The predicted molar refractivity (Wildman–Crippen MR) is 100 cm³/mol. The maximum atomic E-state index is 13.5. The van der Waals surface area contributed by atoms with Gasteiger partial charge in [-0.25, -0.2) is 4.39 Å². The number of benzene rings is 2. The molecule has 26 heavy (non-hydrogen) atoms. The van der Waals surface area contributed by atoms with E-state index in [0.717, 1.165) is 35.0 Å². The molecule has 1 N–H and O–H groups in total. The van der Waals surface area contributed by atoms with Crippen LogP contribution in [-0.2, 0) is 7.05 Å². The summed E-state index contributed by atoms with van der Waals surface area (Å²) in [5.41, 5.74) is 3.11. The molecule has 1 aromatic heterocycles. The Morgan fingerprint density at radius 2 is 1.85 bits per heavy atom. The number of aromatic nitrogens is 2. The lowest BCUT2D eigenvalue weighted by atomic mass is 9.95. The summed E-state index contributed by atoms with van der Waals surface area (Å²) in [6.45, 7) is 0. The second-order valence-corrected chi connectivity index (χ2v) is 7.02. The van der Waals surface area contributed by atoms with Crippen LogP contribution in [0.3, 0.4) is 0 Å². The molecule has 2 aromatic carbocycles. The maximum absolute atomic E-state index is 13.5. The molecule has 0 unspecified atom stereocenters. The number of nitrogens with zero attached hydrogens (tertiary/aromatic N) is 2. The minimum atomic E-state index is -0.276. The first-order valence-corrected chi connectivity index (χ1v) is 9.15. The number of rotatable bonds is 3. The molecule has 0 saturated heterocycles. The van der Waals surface area contributed by atoms with Crippen molar-refractivity contribution in [1.82, 2.24) is 15.1 Å². The van der Waals surface area contributed by atoms with Crippen LogP contribution in [0.1, 0.15) is 42.5 Å². The highest BCUT2D eigenvalue weighted by Gasteiger charge is 2.17. The van der Waals surface area contributed by atoms with Gasteiger partial charge >= 0.3 is 0 Å². The summed E-state index contributed by atoms with van der Waals surface area (Å²) in [5.74, 6) is -0.293. The maximum Gasteiger partial charge on any atom is 0.251 e. The molecular weight excluding hydrogens is 329 g/mol. The van der Waals surface area contributed by atoms with E-state index in [-0.39, 0.29) is 11.7 Å². The Morgan fingerprint density at radius 1 is 1.12 bits per heavy atom. The van der Waals surface area contributed by atoms with Crippen LogP contribution in [-0.4, -0.2) is 21.7 Å². The summed E-state index contributed by atoms with van der Waals surface area (Å²) < 4.78 is 15.2. The lowest BCUT2D eigenvalue weighted by Crippen LogP contribution is -2.36. The molecule has 134 valence electrons. The van der Waals surface area contributed by atoms with Gasteiger partial charge in [-0.15, -0.1) is 0 Å². The van der Waals surface area contributed by atoms with Crippen molar-refractivity contribution in [3.63, 3.8) is 0 Å². The van der Waals surface area contributed by atoms with Gasteiger partial charge in [0.1, 0.15) is 11.5 Å². The zero-order valence-electron chi connectivity index (χ0n) is 14.8. The molecule has 0 aliphatic heterocycles. The number of aryl methyl sites for hydroxylation is 1. The fraction of sp³-hybridized carbons (Fsp3) is 0.333. The first-order valence-electron chi connectivity index (χ1n) is 9.15. The molecule has 3 aromatic rings. The Morgan fingerprint density at radius 3 is 2.58 bits per heavy atom. The van der Waals surface area contributed by atoms with Crippen LogP contribution >= 0.6 is 0 Å².